The number of likely N-dealkylation sites (tertiary alicyclic amines) is 2. The molecule has 14 heteroatoms. The first-order valence-corrected chi connectivity index (χ1v) is 19.1. The Morgan fingerprint density at radius 2 is 0.946 bits per heavy atom. The highest BCUT2D eigenvalue weighted by Gasteiger charge is 2.38. The molecule has 8 rings (SSSR count). The van der Waals surface area contributed by atoms with Gasteiger partial charge < -0.3 is 19.8 Å². The quantitative estimate of drug-likeness (QED) is 0.170. The Balaban J connectivity index is 0.930. The lowest BCUT2D eigenvalue weighted by molar-refractivity contribution is -0.138. The summed E-state index contributed by atoms with van der Waals surface area (Å²) in [6.45, 7) is 1.36. The number of carbonyl (C=O) groups is 2. The summed E-state index contributed by atoms with van der Waals surface area (Å²) >= 11 is 0. The predicted molar refractivity (Wildman–Crippen MR) is 211 cm³/mol. The van der Waals surface area contributed by atoms with Gasteiger partial charge >= 0.3 is 0 Å². The van der Waals surface area contributed by atoms with Crippen LogP contribution in [-0.4, -0.2) is 113 Å². The van der Waals surface area contributed by atoms with E-state index in [1.54, 1.807) is 12.4 Å². The van der Waals surface area contributed by atoms with Crippen LogP contribution in [0.15, 0.2) is 97.3 Å². The number of aromatic amines is 2. The molecule has 14 nitrogen and oxygen atoms in total. The minimum atomic E-state index is -0.375. The van der Waals surface area contributed by atoms with E-state index in [-0.39, 0.29) is 36.0 Å². The summed E-state index contributed by atoms with van der Waals surface area (Å²) < 4.78 is 0. The maximum Gasteiger partial charge on any atom is 0.245 e. The molecule has 2 aliphatic rings. The van der Waals surface area contributed by atoms with Crippen molar-refractivity contribution in [1.82, 2.24) is 59.9 Å². The number of imidazole rings is 2. The second-order valence-electron chi connectivity index (χ2n) is 14.9. The zero-order valence-corrected chi connectivity index (χ0v) is 32.1. The molecule has 2 aromatic carbocycles. The molecule has 0 radical (unpaired) electrons. The number of hydrogen-bond donors (Lipinski definition) is 2. The van der Waals surface area contributed by atoms with E-state index in [4.69, 9.17) is 0 Å². The first-order valence-electron chi connectivity index (χ1n) is 19.1. The van der Waals surface area contributed by atoms with Crippen molar-refractivity contribution in [3.63, 3.8) is 0 Å². The monoisotopic (exact) mass is 750 g/mol. The summed E-state index contributed by atoms with van der Waals surface area (Å²) in [6, 6.07) is 26.2. The molecule has 0 unspecified atom stereocenters. The van der Waals surface area contributed by atoms with Crippen LogP contribution in [-0.2, 0) is 9.59 Å². The van der Waals surface area contributed by atoms with Crippen molar-refractivity contribution in [2.24, 2.45) is 0 Å². The Kier molecular flexibility index (Phi) is 10.5. The van der Waals surface area contributed by atoms with E-state index >= 15 is 0 Å². The third-order valence-electron chi connectivity index (χ3n) is 10.8. The van der Waals surface area contributed by atoms with Gasteiger partial charge in [0.1, 0.15) is 46.5 Å². The predicted octanol–water partition coefficient (Wildman–Crippen LogP) is 5.65. The molecule has 2 amide bonds. The van der Waals surface area contributed by atoms with Crippen molar-refractivity contribution < 1.29 is 9.59 Å². The van der Waals surface area contributed by atoms with E-state index in [9.17, 15) is 9.59 Å². The normalized spacial score (nSPS) is 18.2. The van der Waals surface area contributed by atoms with Crippen LogP contribution in [0.2, 0.25) is 0 Å². The van der Waals surface area contributed by atoms with Crippen LogP contribution in [0, 0.1) is 0 Å². The fourth-order valence-corrected chi connectivity index (χ4v) is 8.03. The number of nitrogens with zero attached hydrogens (tertiary/aromatic N) is 10. The van der Waals surface area contributed by atoms with Crippen molar-refractivity contribution in [2.45, 2.75) is 49.9 Å². The average molecular weight is 751 g/mol. The number of likely N-dealkylation sites (N-methyl/N-ethyl adjacent to an activating group) is 2. The first-order chi connectivity index (χ1) is 27.3. The van der Waals surface area contributed by atoms with Gasteiger partial charge in [-0.15, -0.1) is 20.4 Å². The fraction of sp³-hybridized carbons (Fsp3) is 0.333. The number of rotatable bonds is 11. The van der Waals surface area contributed by atoms with Crippen LogP contribution in [0.4, 0.5) is 0 Å². The van der Waals surface area contributed by atoms with Crippen molar-refractivity contribution in [1.29, 1.82) is 0 Å². The maximum absolute atomic E-state index is 13.9. The number of benzene rings is 2. The molecule has 0 aliphatic carbocycles. The van der Waals surface area contributed by atoms with Crippen LogP contribution in [0.1, 0.15) is 72.6 Å². The maximum atomic E-state index is 13.9. The molecule has 0 saturated carbocycles. The SMILES string of the molecule is CN(C)[C@@H](C(=O)N1CCC[C@H]1c1ncc(-c2ccc(-c3ccc(-c4cnc([C@@H]5CCCN5C(=O)[C@@H](c5ccccc5)N(C)C)[nH]4)nn3)nn2)[nH]1)c1ccccc1. The summed E-state index contributed by atoms with van der Waals surface area (Å²) in [5.74, 6) is 1.61. The van der Waals surface area contributed by atoms with Gasteiger partial charge in [-0.2, -0.15) is 0 Å². The summed E-state index contributed by atoms with van der Waals surface area (Å²) in [7, 11) is 7.75. The average Bonchev–Trinajstić information content (AvgIpc) is 4.06. The fourth-order valence-electron chi connectivity index (χ4n) is 8.03. The van der Waals surface area contributed by atoms with Gasteiger partial charge in [0.25, 0.3) is 0 Å². The summed E-state index contributed by atoms with van der Waals surface area (Å²) in [5.41, 5.74) is 5.81. The van der Waals surface area contributed by atoms with E-state index in [0.29, 0.717) is 35.9 Å². The van der Waals surface area contributed by atoms with Crippen molar-refractivity contribution in [2.75, 3.05) is 41.3 Å². The van der Waals surface area contributed by atoms with Crippen LogP contribution in [0.25, 0.3) is 34.2 Å². The van der Waals surface area contributed by atoms with Gasteiger partial charge in [0, 0.05) is 13.1 Å². The molecule has 2 aliphatic heterocycles. The zero-order valence-electron chi connectivity index (χ0n) is 32.1. The Bertz CT molecular complexity index is 2090. The van der Waals surface area contributed by atoms with Crippen molar-refractivity contribution >= 4 is 11.8 Å². The van der Waals surface area contributed by atoms with E-state index in [0.717, 1.165) is 59.8 Å². The number of amides is 2. The highest BCUT2D eigenvalue weighted by atomic mass is 16.2. The van der Waals surface area contributed by atoms with E-state index in [1.165, 1.54) is 0 Å². The van der Waals surface area contributed by atoms with E-state index in [1.807, 2.05) is 133 Å². The largest absolute Gasteiger partial charge is 0.339 e. The van der Waals surface area contributed by atoms with Gasteiger partial charge in [-0.05, 0) is 89.3 Å². The molecule has 6 aromatic rings. The standard InChI is InChI=1S/C42H46N12O2/c1-51(2)37(27-13-7-5-8-14-27)41(55)53-23-11-17-35(53)39-43-25-33(45-39)31-21-19-29(47-49-31)30-20-22-32(50-48-30)34-26-44-40(46-34)36-18-12-24-54(36)42(56)38(52(3)4)28-15-9-6-10-16-28/h5-10,13-16,19-22,25-26,35-38H,11-12,17-18,23-24H2,1-4H3,(H,43,45)(H,44,46)/t35-,36-,37+,38+/m0/s1. The summed E-state index contributed by atoms with van der Waals surface area (Å²) in [4.78, 5) is 51.8. The third-order valence-corrected chi connectivity index (χ3v) is 10.8. The third kappa shape index (κ3) is 7.32. The number of nitrogens with one attached hydrogen (secondary N) is 2. The molecule has 2 N–H and O–H groups in total. The van der Waals surface area contributed by atoms with Gasteiger partial charge in [-0.3, -0.25) is 19.4 Å². The smallest absolute Gasteiger partial charge is 0.245 e. The van der Waals surface area contributed by atoms with Crippen LogP contribution in [0.5, 0.6) is 0 Å². The van der Waals surface area contributed by atoms with Gasteiger partial charge in [-0.25, -0.2) is 9.97 Å². The summed E-state index contributed by atoms with van der Waals surface area (Å²) in [5, 5.41) is 17.9. The highest BCUT2D eigenvalue weighted by Crippen LogP contribution is 2.36. The Hall–Kier alpha value is -6.12. The molecule has 6 heterocycles. The molecule has 0 bridgehead atoms. The molecule has 0 spiro atoms. The number of H-pyrrole nitrogens is 2. The Morgan fingerprint density at radius 1 is 0.571 bits per heavy atom. The van der Waals surface area contributed by atoms with Gasteiger partial charge in [0.2, 0.25) is 11.8 Å². The minimum absolute atomic E-state index is 0.0654. The van der Waals surface area contributed by atoms with Gasteiger partial charge in [0.05, 0.1) is 35.9 Å². The van der Waals surface area contributed by atoms with Crippen LogP contribution < -0.4 is 0 Å². The van der Waals surface area contributed by atoms with Gasteiger partial charge in [0.15, 0.2) is 0 Å². The lowest BCUT2D eigenvalue weighted by Gasteiger charge is -2.31. The molecule has 2 fully saturated rings. The molecule has 2 saturated heterocycles. The molecule has 4 atom stereocenters. The Labute approximate surface area is 326 Å². The van der Waals surface area contributed by atoms with Crippen LogP contribution >= 0.6 is 0 Å². The molecule has 286 valence electrons. The topological polar surface area (TPSA) is 156 Å². The lowest BCUT2D eigenvalue weighted by Crippen LogP contribution is -2.40. The number of carbonyl (C=O) groups excluding carboxylic acids is 2. The minimum Gasteiger partial charge on any atom is -0.339 e. The molecule has 4 aromatic heterocycles. The molecule has 56 heavy (non-hydrogen) atoms. The van der Waals surface area contributed by atoms with Crippen LogP contribution in [0.3, 0.4) is 0 Å². The van der Waals surface area contributed by atoms with E-state index < -0.39 is 0 Å². The molecular formula is C42H46N12O2. The molecular weight excluding hydrogens is 705 g/mol. The zero-order chi connectivity index (χ0) is 38.8. The summed E-state index contributed by atoms with van der Waals surface area (Å²) in [6.07, 6.45) is 6.97. The second-order valence-corrected chi connectivity index (χ2v) is 14.9. The van der Waals surface area contributed by atoms with Crippen molar-refractivity contribution in [3.05, 3.63) is 120 Å². The lowest BCUT2D eigenvalue weighted by atomic mass is 10.0. The Morgan fingerprint density at radius 3 is 1.30 bits per heavy atom. The first kappa shape index (κ1) is 36.8. The van der Waals surface area contributed by atoms with Gasteiger partial charge in [-0.1, -0.05) is 60.7 Å². The van der Waals surface area contributed by atoms with Crippen molar-refractivity contribution in [3.8, 4) is 34.2 Å². The van der Waals surface area contributed by atoms with E-state index in [2.05, 4.69) is 40.3 Å². The second kappa shape index (κ2) is 15.9. The highest BCUT2D eigenvalue weighted by molar-refractivity contribution is 5.84. The number of aromatic nitrogens is 8. The number of hydrogen-bond acceptors (Lipinski definition) is 10.